The van der Waals surface area contributed by atoms with Crippen LogP contribution in [-0.4, -0.2) is 38.1 Å². The summed E-state index contributed by atoms with van der Waals surface area (Å²) >= 11 is 0. The summed E-state index contributed by atoms with van der Waals surface area (Å²) in [5.74, 6) is 0. The van der Waals surface area contributed by atoms with Gasteiger partial charge in [0.15, 0.2) is 0 Å². The predicted octanol–water partition coefficient (Wildman–Crippen LogP) is 5.55. The van der Waals surface area contributed by atoms with Gasteiger partial charge in [0.2, 0.25) is 0 Å². The highest BCUT2D eigenvalue weighted by Gasteiger charge is 2.17. The molecule has 0 aliphatic rings. The lowest BCUT2D eigenvalue weighted by Gasteiger charge is -2.08. The van der Waals surface area contributed by atoms with Crippen molar-refractivity contribution in [2.24, 2.45) is 0 Å². The normalized spacial score (nSPS) is 11.4. The molecule has 2 aromatic carbocycles. The first-order valence-corrected chi connectivity index (χ1v) is 11.4. The first-order valence-electron chi connectivity index (χ1n) is 10.0. The van der Waals surface area contributed by atoms with Crippen LogP contribution in [0.15, 0.2) is 47.4 Å². The Morgan fingerprint density at radius 3 is 1.96 bits per heavy atom. The largest absolute Gasteiger partial charge is 0.316 e. The van der Waals surface area contributed by atoms with Gasteiger partial charge >= 0.3 is 23.1 Å². The fraction of sp³-hybridized carbons (Fsp3) is 0.545. The third kappa shape index (κ3) is 8.51. The lowest BCUT2D eigenvalue weighted by Crippen LogP contribution is -2.08. The molecule has 2 rings (SSSR count). The summed E-state index contributed by atoms with van der Waals surface area (Å²) in [5, 5.41) is 1.63. The summed E-state index contributed by atoms with van der Waals surface area (Å²) < 4.78 is 30.2. The lowest BCUT2D eigenvalue weighted by molar-refractivity contribution is 0.306. The second-order valence-electron chi connectivity index (χ2n) is 6.94. The van der Waals surface area contributed by atoms with Crippen molar-refractivity contribution in [1.29, 1.82) is 0 Å². The van der Waals surface area contributed by atoms with Gasteiger partial charge in [0, 0.05) is 5.39 Å². The van der Waals surface area contributed by atoms with E-state index in [9.17, 15) is 8.42 Å². The van der Waals surface area contributed by atoms with Crippen LogP contribution in [0.5, 0.6) is 0 Å². The summed E-state index contributed by atoms with van der Waals surface area (Å²) in [4.78, 5) is 0.266. The SMILES string of the molecule is CCCCCCCCCCCCOS(=O)(=O)c1cccc2ccccc12.[MgH2]. The summed E-state index contributed by atoms with van der Waals surface area (Å²) in [6, 6.07) is 12.8. The van der Waals surface area contributed by atoms with Crippen molar-refractivity contribution in [1.82, 2.24) is 0 Å². The average molecular weight is 403 g/mol. The van der Waals surface area contributed by atoms with E-state index in [1.807, 2.05) is 30.3 Å². The molecule has 0 heterocycles. The molecule has 0 atom stereocenters. The second-order valence-corrected chi connectivity index (χ2v) is 8.52. The molecule has 0 fully saturated rings. The van der Waals surface area contributed by atoms with Crippen molar-refractivity contribution in [3.05, 3.63) is 42.5 Å². The van der Waals surface area contributed by atoms with Crippen LogP contribution in [0.4, 0.5) is 0 Å². The smallest absolute Gasteiger partial charge is 0.266 e. The van der Waals surface area contributed by atoms with E-state index in [1.165, 1.54) is 44.9 Å². The Labute approximate surface area is 181 Å². The summed E-state index contributed by atoms with van der Waals surface area (Å²) in [6.07, 6.45) is 12.2. The molecule has 0 saturated heterocycles. The molecule has 148 valence electrons. The zero-order valence-electron chi connectivity index (χ0n) is 16.0. The zero-order chi connectivity index (χ0) is 18.7. The molecule has 2 aromatic rings. The number of unbranched alkanes of at least 4 members (excludes halogenated alkanes) is 9. The van der Waals surface area contributed by atoms with E-state index < -0.39 is 10.1 Å². The minimum Gasteiger partial charge on any atom is -0.266 e. The summed E-state index contributed by atoms with van der Waals surface area (Å²) in [6.45, 7) is 2.50. The van der Waals surface area contributed by atoms with E-state index in [0.717, 1.165) is 30.0 Å². The Bertz CT molecular complexity index is 754. The number of benzene rings is 2. The predicted molar refractivity (Wildman–Crippen MR) is 117 cm³/mol. The highest BCUT2D eigenvalue weighted by molar-refractivity contribution is 7.87. The molecule has 0 radical (unpaired) electrons. The van der Waals surface area contributed by atoms with Crippen LogP contribution >= 0.6 is 0 Å². The standard InChI is InChI=1S/C22H32O3S.Mg.2H/c1-2-3-4-5-6-7-8-9-10-13-19-25-26(23,24)22-18-14-16-20-15-11-12-17-21(20)22;;;/h11-12,14-18H,2-10,13,19H2,1H3;;;. The molecule has 0 N–H and O–H groups in total. The van der Waals surface area contributed by atoms with Gasteiger partial charge in [-0.2, -0.15) is 8.42 Å². The minimum atomic E-state index is -3.70. The molecule has 5 heteroatoms. The number of hydrogen-bond acceptors (Lipinski definition) is 3. The quantitative estimate of drug-likeness (QED) is 0.250. The van der Waals surface area contributed by atoms with E-state index in [1.54, 1.807) is 12.1 Å². The average Bonchev–Trinajstić information content (AvgIpc) is 2.65. The van der Waals surface area contributed by atoms with E-state index in [-0.39, 0.29) is 34.6 Å². The van der Waals surface area contributed by atoms with Crippen LogP contribution in [-0.2, 0) is 14.3 Å². The van der Waals surface area contributed by atoms with Crippen molar-refractivity contribution >= 4 is 43.9 Å². The molecule has 0 aromatic heterocycles. The summed E-state index contributed by atoms with van der Waals surface area (Å²) in [7, 11) is -3.70. The van der Waals surface area contributed by atoms with Gasteiger partial charge in [-0.3, -0.25) is 4.18 Å². The van der Waals surface area contributed by atoms with Crippen LogP contribution in [0.1, 0.15) is 71.1 Å². The van der Waals surface area contributed by atoms with Gasteiger partial charge in [-0.1, -0.05) is 101 Å². The fourth-order valence-corrected chi connectivity index (χ4v) is 4.40. The van der Waals surface area contributed by atoms with Gasteiger partial charge in [-0.15, -0.1) is 0 Å². The first kappa shape index (κ1) is 24.4. The van der Waals surface area contributed by atoms with E-state index in [2.05, 4.69) is 6.92 Å². The van der Waals surface area contributed by atoms with E-state index in [4.69, 9.17) is 4.18 Å². The van der Waals surface area contributed by atoms with E-state index in [0.29, 0.717) is 0 Å². The molecule has 0 unspecified atom stereocenters. The van der Waals surface area contributed by atoms with Gasteiger partial charge in [0.25, 0.3) is 10.1 Å². The zero-order valence-corrected chi connectivity index (χ0v) is 16.8. The van der Waals surface area contributed by atoms with E-state index >= 15 is 0 Å². The fourth-order valence-electron chi connectivity index (χ4n) is 3.24. The molecule has 0 aliphatic heterocycles. The molecule has 0 bridgehead atoms. The van der Waals surface area contributed by atoms with Crippen LogP contribution in [0.25, 0.3) is 10.8 Å². The topological polar surface area (TPSA) is 43.4 Å². The van der Waals surface area contributed by atoms with Gasteiger partial charge < -0.3 is 0 Å². The summed E-state index contributed by atoms with van der Waals surface area (Å²) in [5.41, 5.74) is 0. The van der Waals surface area contributed by atoms with Crippen molar-refractivity contribution in [3.8, 4) is 0 Å². The molecule has 0 aliphatic carbocycles. The van der Waals surface area contributed by atoms with Crippen molar-refractivity contribution in [2.45, 2.75) is 76.0 Å². The number of fused-ring (bicyclic) bond motifs is 1. The third-order valence-electron chi connectivity index (χ3n) is 4.76. The van der Waals surface area contributed by atoms with Gasteiger partial charge in [-0.25, -0.2) is 0 Å². The Morgan fingerprint density at radius 2 is 1.30 bits per heavy atom. The number of hydrogen-bond donors (Lipinski definition) is 0. The monoisotopic (exact) mass is 402 g/mol. The second kappa shape index (κ2) is 13.5. The van der Waals surface area contributed by atoms with Crippen LogP contribution in [0.3, 0.4) is 0 Å². The molecule has 3 nitrogen and oxygen atoms in total. The highest BCUT2D eigenvalue weighted by atomic mass is 32.2. The van der Waals surface area contributed by atoms with Crippen molar-refractivity contribution < 1.29 is 12.6 Å². The van der Waals surface area contributed by atoms with Gasteiger partial charge in [0.05, 0.1) is 6.61 Å². The maximum absolute atomic E-state index is 12.5. The van der Waals surface area contributed by atoms with Crippen LogP contribution in [0, 0.1) is 0 Å². The van der Waals surface area contributed by atoms with Gasteiger partial charge in [0.1, 0.15) is 4.90 Å². The minimum absolute atomic E-state index is 0. The van der Waals surface area contributed by atoms with Crippen LogP contribution < -0.4 is 0 Å². The third-order valence-corrected chi connectivity index (χ3v) is 6.13. The molecule has 0 saturated carbocycles. The van der Waals surface area contributed by atoms with Crippen molar-refractivity contribution in [2.75, 3.05) is 6.61 Å². The first-order chi connectivity index (χ1) is 12.6. The number of rotatable bonds is 13. The molecule has 27 heavy (non-hydrogen) atoms. The highest BCUT2D eigenvalue weighted by Crippen LogP contribution is 2.24. The van der Waals surface area contributed by atoms with Crippen molar-refractivity contribution in [3.63, 3.8) is 0 Å². The molecule has 0 amide bonds. The Morgan fingerprint density at radius 1 is 0.741 bits per heavy atom. The Hall–Kier alpha value is -0.624. The van der Waals surface area contributed by atoms with Gasteiger partial charge in [-0.05, 0) is 17.9 Å². The Kier molecular flexibility index (Phi) is 12.2. The maximum Gasteiger partial charge on any atom is 0.316 e. The van der Waals surface area contributed by atoms with Crippen LogP contribution in [0.2, 0.25) is 0 Å². The lowest BCUT2D eigenvalue weighted by atomic mass is 10.1. The Balaban J connectivity index is 0.00000364. The molecular weight excluding hydrogens is 369 g/mol. The molecule has 0 spiro atoms. The maximum atomic E-state index is 12.5. The molecular formula is C22H34MgO3S.